The summed E-state index contributed by atoms with van der Waals surface area (Å²) in [6.07, 6.45) is 6.79. The van der Waals surface area contributed by atoms with Gasteiger partial charge in [-0.15, -0.1) is 0 Å². The zero-order chi connectivity index (χ0) is 14.0. The van der Waals surface area contributed by atoms with Crippen LogP contribution in [0.1, 0.15) is 59.8 Å². The maximum Gasteiger partial charge on any atom is 0.00364 e. The Labute approximate surface area is 116 Å². The molecule has 0 N–H and O–H groups in total. The fourth-order valence-electron chi connectivity index (χ4n) is 2.66. The topological polar surface area (TPSA) is 6.48 Å². The number of hydrogen-bond acceptors (Lipinski definition) is 2. The van der Waals surface area contributed by atoms with Crippen LogP contribution in [0.4, 0.5) is 0 Å². The average Bonchev–Trinajstić information content (AvgIpc) is 2.67. The Morgan fingerprint density at radius 1 is 0.722 bits per heavy atom. The molecule has 0 aromatic carbocycles. The van der Waals surface area contributed by atoms with Gasteiger partial charge in [-0.05, 0) is 58.4 Å². The minimum absolute atomic E-state index is 0.710. The van der Waals surface area contributed by atoms with Crippen molar-refractivity contribution in [2.45, 2.75) is 59.8 Å². The monoisotopic (exact) mass is 256 g/mol. The highest BCUT2D eigenvalue weighted by Gasteiger charge is 2.38. The SMILES string of the molecule is CCC.CCC.CN1CCC2(CC1)CCN(C)C2. The predicted octanol–water partition coefficient (Wildman–Crippen LogP) is 3.87. The summed E-state index contributed by atoms with van der Waals surface area (Å²) in [6, 6.07) is 0. The highest BCUT2D eigenvalue weighted by atomic mass is 15.2. The van der Waals surface area contributed by atoms with Gasteiger partial charge < -0.3 is 9.80 Å². The Morgan fingerprint density at radius 3 is 1.39 bits per heavy atom. The van der Waals surface area contributed by atoms with Crippen LogP contribution < -0.4 is 0 Å². The second-order valence-corrected chi connectivity index (χ2v) is 6.21. The van der Waals surface area contributed by atoms with Gasteiger partial charge in [0.05, 0.1) is 0 Å². The largest absolute Gasteiger partial charge is 0.306 e. The first-order chi connectivity index (χ1) is 8.53. The van der Waals surface area contributed by atoms with E-state index in [-0.39, 0.29) is 0 Å². The van der Waals surface area contributed by atoms with E-state index in [1.54, 1.807) is 0 Å². The van der Waals surface area contributed by atoms with Gasteiger partial charge in [-0.25, -0.2) is 0 Å². The molecule has 0 atom stereocenters. The van der Waals surface area contributed by atoms with Crippen molar-refractivity contribution in [3.8, 4) is 0 Å². The van der Waals surface area contributed by atoms with Crippen LogP contribution in [0.5, 0.6) is 0 Å². The van der Waals surface area contributed by atoms with Crippen molar-refractivity contribution in [2.75, 3.05) is 40.3 Å². The van der Waals surface area contributed by atoms with E-state index in [1.807, 2.05) is 0 Å². The third-order valence-electron chi connectivity index (χ3n) is 3.68. The lowest BCUT2D eigenvalue weighted by Gasteiger charge is -2.37. The molecule has 2 aliphatic rings. The van der Waals surface area contributed by atoms with Gasteiger partial charge in [0, 0.05) is 6.54 Å². The molecule has 2 nitrogen and oxygen atoms in total. The van der Waals surface area contributed by atoms with E-state index in [2.05, 4.69) is 51.6 Å². The fourth-order valence-corrected chi connectivity index (χ4v) is 2.66. The predicted molar refractivity (Wildman–Crippen MR) is 83.2 cm³/mol. The molecule has 0 saturated carbocycles. The van der Waals surface area contributed by atoms with E-state index >= 15 is 0 Å². The van der Waals surface area contributed by atoms with Crippen LogP contribution in [0.25, 0.3) is 0 Å². The Bertz CT molecular complexity index is 182. The Balaban J connectivity index is 0.000000414. The molecule has 0 aromatic rings. The number of likely N-dealkylation sites (tertiary alicyclic amines) is 2. The number of rotatable bonds is 0. The van der Waals surface area contributed by atoms with Crippen LogP contribution in [0.15, 0.2) is 0 Å². The molecule has 2 heteroatoms. The molecule has 110 valence electrons. The number of nitrogens with zero attached hydrogens (tertiary/aromatic N) is 2. The van der Waals surface area contributed by atoms with Gasteiger partial charge in [0.1, 0.15) is 0 Å². The van der Waals surface area contributed by atoms with Crippen molar-refractivity contribution < 1.29 is 0 Å². The van der Waals surface area contributed by atoms with Gasteiger partial charge in [-0.3, -0.25) is 0 Å². The van der Waals surface area contributed by atoms with E-state index in [0.29, 0.717) is 5.41 Å². The summed E-state index contributed by atoms with van der Waals surface area (Å²) in [5, 5.41) is 0. The second-order valence-electron chi connectivity index (χ2n) is 6.21. The van der Waals surface area contributed by atoms with Gasteiger partial charge in [0.2, 0.25) is 0 Å². The molecule has 0 aliphatic carbocycles. The lowest BCUT2D eigenvalue weighted by atomic mass is 9.78. The van der Waals surface area contributed by atoms with E-state index in [9.17, 15) is 0 Å². The summed E-state index contributed by atoms with van der Waals surface area (Å²) in [4.78, 5) is 4.95. The van der Waals surface area contributed by atoms with Gasteiger partial charge in [0.15, 0.2) is 0 Å². The van der Waals surface area contributed by atoms with E-state index in [1.165, 1.54) is 58.3 Å². The summed E-state index contributed by atoms with van der Waals surface area (Å²) in [7, 11) is 4.50. The van der Waals surface area contributed by atoms with E-state index in [4.69, 9.17) is 0 Å². The minimum Gasteiger partial charge on any atom is -0.306 e. The molecular weight excluding hydrogens is 220 g/mol. The molecule has 2 rings (SSSR count). The first kappa shape index (κ1) is 17.9. The van der Waals surface area contributed by atoms with Crippen molar-refractivity contribution in [3.63, 3.8) is 0 Å². The molecule has 0 unspecified atom stereocenters. The summed E-state index contributed by atoms with van der Waals surface area (Å²) in [6.45, 7) is 13.8. The van der Waals surface area contributed by atoms with Gasteiger partial charge in [-0.2, -0.15) is 0 Å². The normalized spacial score (nSPS) is 23.0. The van der Waals surface area contributed by atoms with Crippen LogP contribution in [-0.4, -0.2) is 50.1 Å². The average molecular weight is 256 g/mol. The summed E-state index contributed by atoms with van der Waals surface area (Å²) < 4.78 is 0. The standard InChI is InChI=1S/C10H20N2.2C3H8/c1-11-6-3-10(4-7-11)5-8-12(2)9-10;2*1-3-2/h3-9H2,1-2H3;2*3H2,1-2H3. The Kier molecular flexibility index (Phi) is 9.76. The lowest BCUT2D eigenvalue weighted by molar-refractivity contribution is 0.130. The van der Waals surface area contributed by atoms with Crippen LogP contribution in [0.3, 0.4) is 0 Å². The molecule has 0 radical (unpaired) electrons. The zero-order valence-corrected chi connectivity index (χ0v) is 13.8. The smallest absolute Gasteiger partial charge is 0.00364 e. The highest BCUT2D eigenvalue weighted by molar-refractivity contribution is 4.92. The summed E-state index contributed by atoms with van der Waals surface area (Å²) >= 11 is 0. The molecule has 0 amide bonds. The van der Waals surface area contributed by atoms with Crippen molar-refractivity contribution in [3.05, 3.63) is 0 Å². The van der Waals surface area contributed by atoms with Crippen LogP contribution in [0, 0.1) is 5.41 Å². The fraction of sp³-hybridized carbons (Fsp3) is 1.00. The molecule has 2 saturated heterocycles. The molecular formula is C16H36N2. The summed E-state index contributed by atoms with van der Waals surface area (Å²) in [5.74, 6) is 0. The molecule has 1 spiro atoms. The zero-order valence-electron chi connectivity index (χ0n) is 13.8. The number of piperidine rings is 1. The van der Waals surface area contributed by atoms with Gasteiger partial charge in [0.25, 0.3) is 0 Å². The van der Waals surface area contributed by atoms with Crippen LogP contribution in [0.2, 0.25) is 0 Å². The van der Waals surface area contributed by atoms with Crippen LogP contribution in [-0.2, 0) is 0 Å². The quantitative estimate of drug-likeness (QED) is 0.649. The second kappa shape index (κ2) is 9.80. The van der Waals surface area contributed by atoms with Crippen molar-refractivity contribution in [1.29, 1.82) is 0 Å². The third-order valence-corrected chi connectivity index (χ3v) is 3.68. The molecule has 2 heterocycles. The number of hydrogen-bond donors (Lipinski definition) is 0. The summed E-state index contributed by atoms with van der Waals surface area (Å²) in [5.41, 5.74) is 0.710. The Hall–Kier alpha value is -0.0800. The van der Waals surface area contributed by atoms with Gasteiger partial charge in [-0.1, -0.05) is 40.5 Å². The van der Waals surface area contributed by atoms with Gasteiger partial charge >= 0.3 is 0 Å². The van der Waals surface area contributed by atoms with Crippen molar-refractivity contribution in [1.82, 2.24) is 9.80 Å². The lowest BCUT2D eigenvalue weighted by Crippen LogP contribution is -2.39. The molecule has 0 bridgehead atoms. The van der Waals surface area contributed by atoms with Crippen molar-refractivity contribution >= 4 is 0 Å². The van der Waals surface area contributed by atoms with E-state index in [0.717, 1.165) is 0 Å². The van der Waals surface area contributed by atoms with Crippen LogP contribution >= 0.6 is 0 Å². The highest BCUT2D eigenvalue weighted by Crippen LogP contribution is 2.39. The van der Waals surface area contributed by atoms with E-state index < -0.39 is 0 Å². The molecule has 2 fully saturated rings. The van der Waals surface area contributed by atoms with Crippen molar-refractivity contribution in [2.24, 2.45) is 5.41 Å². The first-order valence-electron chi connectivity index (χ1n) is 7.90. The Morgan fingerprint density at radius 2 is 1.06 bits per heavy atom. The molecule has 2 aliphatic heterocycles. The minimum atomic E-state index is 0.710. The third kappa shape index (κ3) is 6.75. The molecule has 18 heavy (non-hydrogen) atoms. The first-order valence-corrected chi connectivity index (χ1v) is 7.90. The molecule has 0 aromatic heterocycles. The maximum absolute atomic E-state index is 2.49. The maximum atomic E-state index is 2.49.